The maximum absolute atomic E-state index is 13.6. The van der Waals surface area contributed by atoms with Gasteiger partial charge in [-0.3, -0.25) is 4.72 Å². The van der Waals surface area contributed by atoms with Gasteiger partial charge in [-0.1, -0.05) is 6.07 Å². The molecular formula is C13H12F2N2O5S2. The van der Waals surface area contributed by atoms with E-state index in [1.807, 2.05) is 4.72 Å². The van der Waals surface area contributed by atoms with Gasteiger partial charge in [0.05, 0.1) is 12.8 Å². The maximum atomic E-state index is 13.6. The highest BCUT2D eigenvalue weighted by molar-refractivity contribution is 7.92. The molecule has 3 N–H and O–H groups in total. The first kappa shape index (κ1) is 18.1. The van der Waals surface area contributed by atoms with E-state index in [2.05, 4.69) is 0 Å². The third-order valence-electron chi connectivity index (χ3n) is 2.91. The Hall–Kier alpha value is -2.24. The standard InChI is InChI=1S/C13H12F2N2O5S2/c1-22-11-6-5-8(7-12(11)23(16,18)19)17-24(20,21)13-9(14)3-2-4-10(13)15/h2-7,17H,1H3,(H2,16,18,19). The highest BCUT2D eigenvalue weighted by Gasteiger charge is 2.25. The number of nitrogens with two attached hydrogens (primary N) is 1. The zero-order chi connectivity index (χ0) is 18.1. The molecule has 0 heterocycles. The largest absolute Gasteiger partial charge is 0.495 e. The van der Waals surface area contributed by atoms with Crippen LogP contribution in [0.3, 0.4) is 0 Å². The third-order valence-corrected chi connectivity index (χ3v) is 5.27. The van der Waals surface area contributed by atoms with Gasteiger partial charge in [-0.05, 0) is 30.3 Å². The average molecular weight is 378 g/mol. The fraction of sp³-hybridized carbons (Fsp3) is 0.0769. The molecule has 0 fully saturated rings. The van der Waals surface area contributed by atoms with Crippen LogP contribution in [0.15, 0.2) is 46.2 Å². The summed E-state index contributed by atoms with van der Waals surface area (Å²) < 4.78 is 81.3. The van der Waals surface area contributed by atoms with Crippen LogP contribution in [0.2, 0.25) is 0 Å². The van der Waals surface area contributed by atoms with Gasteiger partial charge in [0.1, 0.15) is 22.3 Å². The predicted octanol–water partition coefficient (Wildman–Crippen LogP) is 1.42. The summed E-state index contributed by atoms with van der Waals surface area (Å²) in [5, 5.41) is 5.02. The Morgan fingerprint density at radius 3 is 2.12 bits per heavy atom. The Kier molecular flexibility index (Phi) is 4.78. The van der Waals surface area contributed by atoms with Gasteiger partial charge >= 0.3 is 0 Å². The van der Waals surface area contributed by atoms with E-state index in [0.29, 0.717) is 0 Å². The predicted molar refractivity (Wildman–Crippen MR) is 81.5 cm³/mol. The zero-order valence-corrected chi connectivity index (χ0v) is 13.8. The summed E-state index contributed by atoms with van der Waals surface area (Å²) >= 11 is 0. The number of rotatable bonds is 5. The highest BCUT2D eigenvalue weighted by Crippen LogP contribution is 2.28. The monoisotopic (exact) mass is 378 g/mol. The van der Waals surface area contributed by atoms with Crippen LogP contribution in [0, 0.1) is 11.6 Å². The molecule has 2 aromatic carbocycles. The number of primary sulfonamides is 1. The molecule has 0 radical (unpaired) electrons. The second kappa shape index (κ2) is 6.34. The van der Waals surface area contributed by atoms with E-state index < -0.39 is 41.5 Å². The highest BCUT2D eigenvalue weighted by atomic mass is 32.2. The van der Waals surface area contributed by atoms with Crippen molar-refractivity contribution in [2.24, 2.45) is 5.14 Å². The molecule has 0 aromatic heterocycles. The Labute approximate surface area is 137 Å². The fourth-order valence-electron chi connectivity index (χ4n) is 1.91. The van der Waals surface area contributed by atoms with Crippen molar-refractivity contribution in [3.8, 4) is 5.75 Å². The lowest BCUT2D eigenvalue weighted by Gasteiger charge is -2.12. The third kappa shape index (κ3) is 3.63. The lowest BCUT2D eigenvalue weighted by Crippen LogP contribution is -2.18. The van der Waals surface area contributed by atoms with Gasteiger partial charge < -0.3 is 4.74 Å². The van der Waals surface area contributed by atoms with Crippen molar-refractivity contribution in [3.05, 3.63) is 48.0 Å². The summed E-state index contributed by atoms with van der Waals surface area (Å²) in [5.41, 5.74) is -0.262. The molecule has 0 bridgehead atoms. The lowest BCUT2D eigenvalue weighted by atomic mass is 10.3. The average Bonchev–Trinajstić information content (AvgIpc) is 2.45. The smallest absolute Gasteiger partial charge is 0.267 e. The van der Waals surface area contributed by atoms with E-state index in [-0.39, 0.29) is 11.4 Å². The second-order valence-electron chi connectivity index (χ2n) is 4.57. The molecule has 0 unspecified atom stereocenters. The van der Waals surface area contributed by atoms with Crippen molar-refractivity contribution < 1.29 is 30.4 Å². The minimum absolute atomic E-state index is 0.113. The normalized spacial score (nSPS) is 12.0. The molecular weight excluding hydrogens is 366 g/mol. The van der Waals surface area contributed by atoms with Gasteiger partial charge in [0.2, 0.25) is 10.0 Å². The van der Waals surface area contributed by atoms with E-state index in [4.69, 9.17) is 9.88 Å². The Balaban J connectivity index is 2.52. The Morgan fingerprint density at radius 1 is 1.04 bits per heavy atom. The zero-order valence-electron chi connectivity index (χ0n) is 12.2. The van der Waals surface area contributed by atoms with E-state index in [1.54, 1.807) is 0 Å². The van der Waals surface area contributed by atoms with Crippen molar-refractivity contribution in [1.29, 1.82) is 0 Å². The molecule has 0 aliphatic rings. The number of methoxy groups -OCH3 is 1. The number of halogens is 2. The van der Waals surface area contributed by atoms with Gasteiger partial charge in [0.25, 0.3) is 10.0 Å². The van der Waals surface area contributed by atoms with Crippen molar-refractivity contribution in [3.63, 3.8) is 0 Å². The van der Waals surface area contributed by atoms with Crippen LogP contribution in [-0.2, 0) is 20.0 Å². The van der Waals surface area contributed by atoms with Crippen LogP contribution in [0.1, 0.15) is 0 Å². The molecule has 0 aliphatic carbocycles. The number of nitrogens with one attached hydrogen (secondary N) is 1. The van der Waals surface area contributed by atoms with Crippen molar-refractivity contribution in [2.75, 3.05) is 11.8 Å². The Bertz CT molecular complexity index is 971. The molecule has 130 valence electrons. The summed E-state index contributed by atoms with van der Waals surface area (Å²) in [6.07, 6.45) is 0. The van der Waals surface area contributed by atoms with Gasteiger partial charge in [0, 0.05) is 0 Å². The van der Waals surface area contributed by atoms with E-state index >= 15 is 0 Å². The first-order valence-electron chi connectivity index (χ1n) is 6.24. The number of ether oxygens (including phenoxy) is 1. The number of sulfonamides is 2. The summed E-state index contributed by atoms with van der Waals surface area (Å²) in [5.74, 6) is -2.69. The summed E-state index contributed by atoms with van der Waals surface area (Å²) in [4.78, 5) is -1.67. The molecule has 11 heteroatoms. The summed E-state index contributed by atoms with van der Waals surface area (Å²) in [6.45, 7) is 0. The summed E-state index contributed by atoms with van der Waals surface area (Å²) in [7, 11) is -7.65. The molecule has 0 spiro atoms. The maximum Gasteiger partial charge on any atom is 0.267 e. The van der Waals surface area contributed by atoms with Gasteiger partial charge in [-0.2, -0.15) is 0 Å². The lowest BCUT2D eigenvalue weighted by molar-refractivity contribution is 0.403. The van der Waals surface area contributed by atoms with Gasteiger partial charge in [0.15, 0.2) is 4.90 Å². The van der Waals surface area contributed by atoms with Crippen LogP contribution in [0.25, 0.3) is 0 Å². The second-order valence-corrected chi connectivity index (χ2v) is 7.72. The minimum atomic E-state index is -4.63. The molecule has 0 saturated carbocycles. The topological polar surface area (TPSA) is 116 Å². The van der Waals surface area contributed by atoms with Crippen LogP contribution in [0.5, 0.6) is 5.75 Å². The first-order chi connectivity index (χ1) is 11.1. The van der Waals surface area contributed by atoms with Crippen LogP contribution < -0.4 is 14.6 Å². The molecule has 0 saturated heterocycles. The minimum Gasteiger partial charge on any atom is -0.495 e. The number of hydrogen-bond acceptors (Lipinski definition) is 5. The number of hydrogen-bond donors (Lipinski definition) is 2. The van der Waals surface area contributed by atoms with Crippen LogP contribution in [-0.4, -0.2) is 23.9 Å². The number of benzene rings is 2. The van der Waals surface area contributed by atoms with Crippen molar-refractivity contribution in [2.45, 2.75) is 9.79 Å². The van der Waals surface area contributed by atoms with Crippen LogP contribution >= 0.6 is 0 Å². The Morgan fingerprint density at radius 2 is 1.62 bits per heavy atom. The number of anilines is 1. The molecule has 0 amide bonds. The quantitative estimate of drug-likeness (QED) is 0.816. The molecule has 0 aliphatic heterocycles. The molecule has 0 atom stereocenters. The van der Waals surface area contributed by atoms with Gasteiger partial charge in [-0.25, -0.2) is 30.8 Å². The molecule has 24 heavy (non-hydrogen) atoms. The van der Waals surface area contributed by atoms with Crippen molar-refractivity contribution >= 4 is 25.7 Å². The van der Waals surface area contributed by atoms with E-state index in [1.165, 1.54) is 7.11 Å². The van der Waals surface area contributed by atoms with Crippen LogP contribution in [0.4, 0.5) is 14.5 Å². The molecule has 2 rings (SSSR count). The van der Waals surface area contributed by atoms with E-state index in [0.717, 1.165) is 36.4 Å². The summed E-state index contributed by atoms with van der Waals surface area (Å²) in [6, 6.07) is 5.75. The first-order valence-corrected chi connectivity index (χ1v) is 9.27. The van der Waals surface area contributed by atoms with Crippen molar-refractivity contribution in [1.82, 2.24) is 0 Å². The SMILES string of the molecule is COc1ccc(NS(=O)(=O)c2c(F)cccc2F)cc1S(N)(=O)=O. The van der Waals surface area contributed by atoms with Gasteiger partial charge in [-0.15, -0.1) is 0 Å². The molecule has 2 aromatic rings. The fourth-order valence-corrected chi connectivity index (χ4v) is 3.82. The molecule has 7 nitrogen and oxygen atoms in total. The van der Waals surface area contributed by atoms with E-state index in [9.17, 15) is 25.6 Å².